The lowest BCUT2D eigenvalue weighted by molar-refractivity contribution is 0.475. The standard InChI is InChI=1S/C15H14O3S/c16-14-9-7-13(8-10-14)15(19(17)18)11-6-12-4-2-1-3-5-12/h1-11,15-16H,(H,17,18)/p-1. The van der Waals surface area contributed by atoms with Crippen LogP contribution in [0.4, 0.5) is 0 Å². The van der Waals surface area contributed by atoms with Crippen molar-refractivity contribution in [2.24, 2.45) is 0 Å². The summed E-state index contributed by atoms with van der Waals surface area (Å²) in [5.41, 5.74) is 1.56. The predicted octanol–water partition coefficient (Wildman–Crippen LogP) is 3.03. The molecule has 2 unspecified atom stereocenters. The number of rotatable bonds is 4. The zero-order valence-corrected chi connectivity index (χ0v) is 10.9. The first-order valence-electron chi connectivity index (χ1n) is 5.77. The molecular formula is C15H13O3S-. The molecule has 0 fully saturated rings. The number of hydrogen-bond donors (Lipinski definition) is 1. The fourth-order valence-corrected chi connectivity index (χ4v) is 2.30. The molecule has 0 bridgehead atoms. The Bertz CT molecular complexity index is 576. The second-order valence-electron chi connectivity index (χ2n) is 4.04. The summed E-state index contributed by atoms with van der Waals surface area (Å²) < 4.78 is 22.6. The minimum absolute atomic E-state index is 0.117. The van der Waals surface area contributed by atoms with Gasteiger partial charge >= 0.3 is 0 Å². The molecule has 2 aromatic carbocycles. The molecule has 0 amide bonds. The molecule has 98 valence electrons. The Morgan fingerprint density at radius 2 is 1.68 bits per heavy atom. The molecule has 0 saturated carbocycles. The number of hydrogen-bond acceptors (Lipinski definition) is 3. The molecule has 1 N–H and O–H groups in total. The van der Waals surface area contributed by atoms with E-state index < -0.39 is 16.3 Å². The van der Waals surface area contributed by atoms with E-state index in [0.717, 1.165) is 5.56 Å². The van der Waals surface area contributed by atoms with Crippen LogP contribution in [0, 0.1) is 0 Å². The van der Waals surface area contributed by atoms with Gasteiger partial charge in [-0.1, -0.05) is 54.6 Å². The molecule has 0 radical (unpaired) electrons. The Labute approximate surface area is 114 Å². The van der Waals surface area contributed by atoms with Crippen LogP contribution < -0.4 is 0 Å². The van der Waals surface area contributed by atoms with Crippen molar-refractivity contribution in [3.63, 3.8) is 0 Å². The maximum atomic E-state index is 11.3. The molecule has 2 rings (SSSR count). The van der Waals surface area contributed by atoms with Gasteiger partial charge in [-0.05, 0) is 34.3 Å². The maximum absolute atomic E-state index is 11.3. The minimum Gasteiger partial charge on any atom is -0.772 e. The Hall–Kier alpha value is -1.91. The van der Waals surface area contributed by atoms with E-state index in [9.17, 15) is 13.9 Å². The van der Waals surface area contributed by atoms with Gasteiger partial charge in [0, 0.05) is 0 Å². The van der Waals surface area contributed by atoms with Gasteiger partial charge in [0.25, 0.3) is 0 Å². The molecule has 0 spiro atoms. The van der Waals surface area contributed by atoms with E-state index in [-0.39, 0.29) is 5.75 Å². The summed E-state index contributed by atoms with van der Waals surface area (Å²) in [6.07, 6.45) is 3.40. The van der Waals surface area contributed by atoms with Crippen molar-refractivity contribution in [3.05, 3.63) is 71.8 Å². The van der Waals surface area contributed by atoms with Crippen molar-refractivity contribution in [3.8, 4) is 5.75 Å². The van der Waals surface area contributed by atoms with Gasteiger partial charge in [-0.15, -0.1) is 0 Å². The van der Waals surface area contributed by atoms with Gasteiger partial charge in [0.1, 0.15) is 5.75 Å². The SMILES string of the molecule is O=S([O-])C(C=Cc1ccccc1)c1ccc(O)cc1. The first-order valence-corrected chi connectivity index (χ1v) is 6.91. The lowest BCUT2D eigenvalue weighted by Crippen LogP contribution is -2.02. The average Bonchev–Trinajstić information content (AvgIpc) is 2.42. The van der Waals surface area contributed by atoms with Gasteiger partial charge in [0.2, 0.25) is 0 Å². The van der Waals surface area contributed by atoms with Crippen LogP contribution in [0.15, 0.2) is 60.7 Å². The highest BCUT2D eigenvalue weighted by Gasteiger charge is 2.08. The van der Waals surface area contributed by atoms with Crippen LogP contribution in [0.1, 0.15) is 16.4 Å². The zero-order chi connectivity index (χ0) is 13.7. The van der Waals surface area contributed by atoms with Crippen molar-refractivity contribution in [2.45, 2.75) is 5.25 Å². The van der Waals surface area contributed by atoms with Gasteiger partial charge < -0.3 is 9.66 Å². The largest absolute Gasteiger partial charge is 0.772 e. The summed E-state index contributed by atoms with van der Waals surface area (Å²) >= 11 is -2.25. The molecule has 2 atom stereocenters. The molecule has 0 aliphatic heterocycles. The second kappa shape index (κ2) is 6.31. The van der Waals surface area contributed by atoms with E-state index in [2.05, 4.69) is 0 Å². The van der Waals surface area contributed by atoms with E-state index in [1.165, 1.54) is 12.1 Å². The fourth-order valence-electron chi connectivity index (χ4n) is 1.71. The van der Waals surface area contributed by atoms with E-state index in [1.54, 1.807) is 24.3 Å². The van der Waals surface area contributed by atoms with Crippen molar-refractivity contribution in [1.29, 1.82) is 0 Å². The third-order valence-corrected chi connectivity index (χ3v) is 3.54. The Kier molecular flexibility index (Phi) is 4.49. The Balaban J connectivity index is 2.24. The van der Waals surface area contributed by atoms with Crippen molar-refractivity contribution in [2.75, 3.05) is 0 Å². The van der Waals surface area contributed by atoms with Crippen molar-refractivity contribution < 1.29 is 13.9 Å². The maximum Gasteiger partial charge on any atom is 0.115 e. The lowest BCUT2D eigenvalue weighted by atomic mass is 10.1. The van der Waals surface area contributed by atoms with Crippen LogP contribution in [0.25, 0.3) is 6.08 Å². The summed E-state index contributed by atoms with van der Waals surface area (Å²) in [5, 5.41) is 8.49. The lowest BCUT2D eigenvalue weighted by Gasteiger charge is -2.16. The monoisotopic (exact) mass is 273 g/mol. The van der Waals surface area contributed by atoms with Gasteiger partial charge in [-0.3, -0.25) is 4.21 Å². The summed E-state index contributed by atoms with van der Waals surface area (Å²) in [6.45, 7) is 0. The Morgan fingerprint density at radius 1 is 1.05 bits per heavy atom. The third-order valence-electron chi connectivity index (χ3n) is 2.69. The van der Waals surface area contributed by atoms with Crippen molar-refractivity contribution >= 4 is 17.2 Å². The van der Waals surface area contributed by atoms with Gasteiger partial charge in [-0.2, -0.15) is 0 Å². The number of phenolic OH excluding ortho intramolecular Hbond substituents is 1. The number of aromatic hydroxyl groups is 1. The molecule has 19 heavy (non-hydrogen) atoms. The first kappa shape index (κ1) is 13.5. The summed E-state index contributed by atoms with van der Waals surface area (Å²) in [7, 11) is 0. The predicted molar refractivity (Wildman–Crippen MR) is 75.2 cm³/mol. The fraction of sp³-hybridized carbons (Fsp3) is 0.0667. The number of benzene rings is 2. The normalized spacial score (nSPS) is 14.4. The minimum atomic E-state index is -2.25. The average molecular weight is 273 g/mol. The molecule has 0 aliphatic carbocycles. The highest BCUT2D eigenvalue weighted by Crippen LogP contribution is 2.23. The zero-order valence-electron chi connectivity index (χ0n) is 10.1. The quantitative estimate of drug-likeness (QED) is 0.871. The molecule has 0 heterocycles. The van der Waals surface area contributed by atoms with E-state index in [0.29, 0.717) is 5.56 Å². The molecular weight excluding hydrogens is 260 g/mol. The third kappa shape index (κ3) is 3.77. The summed E-state index contributed by atoms with van der Waals surface area (Å²) in [5.74, 6) is 0.117. The summed E-state index contributed by atoms with van der Waals surface area (Å²) in [6, 6.07) is 15.6. The molecule has 4 heteroatoms. The van der Waals surface area contributed by atoms with Gasteiger partial charge in [0.15, 0.2) is 0 Å². The highest BCUT2D eigenvalue weighted by molar-refractivity contribution is 7.79. The van der Waals surface area contributed by atoms with Crippen LogP contribution in [-0.2, 0) is 11.1 Å². The molecule has 0 aromatic heterocycles. The summed E-state index contributed by atoms with van der Waals surface area (Å²) in [4.78, 5) is 0. The van der Waals surface area contributed by atoms with Gasteiger partial charge in [0.05, 0.1) is 5.25 Å². The highest BCUT2D eigenvalue weighted by atomic mass is 32.2. The van der Waals surface area contributed by atoms with Crippen LogP contribution in [-0.4, -0.2) is 13.9 Å². The molecule has 2 aromatic rings. The second-order valence-corrected chi connectivity index (χ2v) is 5.07. The van der Waals surface area contributed by atoms with Crippen molar-refractivity contribution in [1.82, 2.24) is 0 Å². The van der Waals surface area contributed by atoms with E-state index >= 15 is 0 Å². The van der Waals surface area contributed by atoms with Gasteiger partial charge in [-0.25, -0.2) is 0 Å². The van der Waals surface area contributed by atoms with Crippen LogP contribution in [0.2, 0.25) is 0 Å². The first-order chi connectivity index (χ1) is 9.16. The van der Waals surface area contributed by atoms with Crippen LogP contribution in [0.3, 0.4) is 0 Å². The molecule has 0 aliphatic rings. The van der Waals surface area contributed by atoms with Crippen LogP contribution >= 0.6 is 0 Å². The molecule has 0 saturated heterocycles. The smallest absolute Gasteiger partial charge is 0.115 e. The number of phenols is 1. The van der Waals surface area contributed by atoms with Crippen LogP contribution in [0.5, 0.6) is 5.75 Å². The Morgan fingerprint density at radius 3 is 2.26 bits per heavy atom. The van der Waals surface area contributed by atoms with E-state index in [4.69, 9.17) is 0 Å². The van der Waals surface area contributed by atoms with E-state index in [1.807, 2.05) is 30.3 Å². The topological polar surface area (TPSA) is 60.4 Å². The molecule has 3 nitrogen and oxygen atoms in total.